The predicted molar refractivity (Wildman–Crippen MR) is 95.1 cm³/mol. The van der Waals surface area contributed by atoms with Crippen molar-refractivity contribution in [3.05, 3.63) is 59.6 Å². The number of anilines is 3. The molecular weight excluding hydrogens is 318 g/mol. The highest BCUT2D eigenvalue weighted by molar-refractivity contribution is 6.05. The van der Waals surface area contributed by atoms with Crippen LogP contribution >= 0.6 is 0 Å². The lowest BCUT2D eigenvalue weighted by molar-refractivity contribution is 0.0983. The number of carbonyl (C=O) groups is 1. The molecule has 1 N–H and O–H groups in total. The van der Waals surface area contributed by atoms with Crippen LogP contribution < -0.4 is 10.2 Å². The number of aryl methyl sites for hydroxylation is 2. The van der Waals surface area contributed by atoms with E-state index in [1.807, 2.05) is 44.2 Å². The van der Waals surface area contributed by atoms with Gasteiger partial charge in [0.25, 0.3) is 5.91 Å². The fourth-order valence-electron chi connectivity index (χ4n) is 2.46. The maximum atomic E-state index is 12.9. The average Bonchev–Trinajstić information content (AvgIpc) is 3.00. The molecule has 1 amide bonds. The number of amides is 1. The van der Waals surface area contributed by atoms with Crippen LogP contribution in [-0.4, -0.2) is 27.6 Å². The molecule has 7 heteroatoms. The highest BCUT2D eigenvalue weighted by Gasteiger charge is 2.19. The lowest BCUT2D eigenvalue weighted by Crippen LogP contribution is -2.31. The van der Waals surface area contributed by atoms with Crippen molar-refractivity contribution in [1.82, 2.24) is 15.1 Å². The van der Waals surface area contributed by atoms with E-state index < -0.39 is 0 Å². The second-order valence-electron chi connectivity index (χ2n) is 5.55. The molecule has 0 aliphatic carbocycles. The van der Waals surface area contributed by atoms with Gasteiger partial charge in [0, 0.05) is 24.0 Å². The number of aromatic nitrogens is 3. The summed E-state index contributed by atoms with van der Waals surface area (Å²) in [5.41, 5.74) is 1.83. The van der Waals surface area contributed by atoms with Crippen molar-refractivity contribution in [2.45, 2.75) is 20.8 Å². The second-order valence-corrected chi connectivity index (χ2v) is 5.55. The smallest absolute Gasteiger partial charge is 0.277 e. The lowest BCUT2D eigenvalue weighted by atomic mass is 10.2. The molecule has 0 saturated carbocycles. The zero-order valence-corrected chi connectivity index (χ0v) is 14.4. The summed E-state index contributed by atoms with van der Waals surface area (Å²) in [5.74, 6) is 1.30. The molecule has 2 aromatic heterocycles. The molecule has 0 fully saturated rings. The summed E-state index contributed by atoms with van der Waals surface area (Å²) in [4.78, 5) is 23.2. The Morgan fingerprint density at radius 1 is 1.16 bits per heavy atom. The molecule has 0 unspecified atom stereocenters. The average molecular weight is 337 g/mol. The minimum atomic E-state index is -0.182. The number of nitrogens with zero attached hydrogens (tertiary/aromatic N) is 4. The van der Waals surface area contributed by atoms with E-state index in [9.17, 15) is 4.79 Å². The molecule has 0 saturated heterocycles. The molecule has 128 valence electrons. The lowest BCUT2D eigenvalue weighted by Gasteiger charge is -2.20. The van der Waals surface area contributed by atoms with Crippen LogP contribution in [0.5, 0.6) is 0 Å². The van der Waals surface area contributed by atoms with Gasteiger partial charge in [-0.3, -0.25) is 4.79 Å². The van der Waals surface area contributed by atoms with Crippen molar-refractivity contribution in [2.24, 2.45) is 0 Å². The van der Waals surface area contributed by atoms with Gasteiger partial charge in [0.1, 0.15) is 11.5 Å². The van der Waals surface area contributed by atoms with Gasteiger partial charge in [0.15, 0.2) is 5.82 Å². The topological polar surface area (TPSA) is 84.2 Å². The third-order valence-electron chi connectivity index (χ3n) is 3.57. The Labute approximate surface area is 145 Å². The van der Waals surface area contributed by atoms with Crippen molar-refractivity contribution >= 4 is 23.4 Å². The first-order valence-electron chi connectivity index (χ1n) is 7.99. The standard InChI is InChI=1S/C18H19N5O2/c1-4-23(14-8-6-5-7-9-14)17(24)15-10-12(2)19-18(20-15)21-16-11-13(3)25-22-16/h5-11H,4H2,1-3H3,(H,19,20,21,22). The third kappa shape index (κ3) is 3.82. The number of para-hydroxylation sites is 1. The maximum absolute atomic E-state index is 12.9. The molecule has 2 heterocycles. The van der Waals surface area contributed by atoms with Gasteiger partial charge in [-0.15, -0.1) is 0 Å². The molecule has 0 bridgehead atoms. The first kappa shape index (κ1) is 16.6. The van der Waals surface area contributed by atoms with Gasteiger partial charge in [0.2, 0.25) is 5.95 Å². The Morgan fingerprint density at radius 2 is 1.92 bits per heavy atom. The third-order valence-corrected chi connectivity index (χ3v) is 3.57. The SMILES string of the molecule is CCN(C(=O)c1cc(C)nc(Nc2cc(C)on2)n1)c1ccccc1. The van der Waals surface area contributed by atoms with Crippen molar-refractivity contribution in [3.8, 4) is 0 Å². The monoisotopic (exact) mass is 337 g/mol. The molecular formula is C18H19N5O2. The quantitative estimate of drug-likeness (QED) is 0.767. The van der Waals surface area contributed by atoms with Crippen LogP contribution in [-0.2, 0) is 0 Å². The Kier molecular flexibility index (Phi) is 4.74. The van der Waals surface area contributed by atoms with Crippen LogP contribution in [0.15, 0.2) is 47.0 Å². The molecule has 0 atom stereocenters. The molecule has 0 aliphatic heterocycles. The summed E-state index contributed by atoms with van der Waals surface area (Å²) in [6.07, 6.45) is 0. The summed E-state index contributed by atoms with van der Waals surface area (Å²) in [5, 5.41) is 6.81. The molecule has 3 rings (SSSR count). The highest BCUT2D eigenvalue weighted by Crippen LogP contribution is 2.18. The van der Waals surface area contributed by atoms with Gasteiger partial charge < -0.3 is 14.7 Å². The molecule has 25 heavy (non-hydrogen) atoms. The predicted octanol–water partition coefficient (Wildman–Crippen LogP) is 3.49. The molecule has 0 radical (unpaired) electrons. The van der Waals surface area contributed by atoms with Crippen molar-refractivity contribution < 1.29 is 9.32 Å². The zero-order chi connectivity index (χ0) is 17.8. The number of carbonyl (C=O) groups excluding carboxylic acids is 1. The van der Waals surface area contributed by atoms with E-state index in [4.69, 9.17) is 4.52 Å². The first-order chi connectivity index (χ1) is 12.1. The van der Waals surface area contributed by atoms with E-state index in [-0.39, 0.29) is 5.91 Å². The summed E-state index contributed by atoms with van der Waals surface area (Å²) in [6.45, 7) is 6.08. The number of hydrogen-bond donors (Lipinski definition) is 1. The van der Waals surface area contributed by atoms with Gasteiger partial charge >= 0.3 is 0 Å². The number of nitrogens with one attached hydrogen (secondary N) is 1. The van der Waals surface area contributed by atoms with Crippen LogP contribution in [0.2, 0.25) is 0 Å². The van der Waals surface area contributed by atoms with Gasteiger partial charge in [-0.1, -0.05) is 23.4 Å². The summed E-state index contributed by atoms with van der Waals surface area (Å²) in [6, 6.07) is 12.9. The molecule has 3 aromatic rings. The second kappa shape index (κ2) is 7.12. The van der Waals surface area contributed by atoms with Crippen LogP contribution in [0.3, 0.4) is 0 Å². The highest BCUT2D eigenvalue weighted by atomic mass is 16.5. The minimum absolute atomic E-state index is 0.182. The van der Waals surface area contributed by atoms with Crippen LogP contribution in [0.4, 0.5) is 17.5 Å². The van der Waals surface area contributed by atoms with Crippen LogP contribution in [0.25, 0.3) is 0 Å². The largest absolute Gasteiger partial charge is 0.360 e. The van der Waals surface area contributed by atoms with Gasteiger partial charge in [0.05, 0.1) is 0 Å². The van der Waals surface area contributed by atoms with Crippen molar-refractivity contribution in [2.75, 3.05) is 16.8 Å². The zero-order valence-electron chi connectivity index (χ0n) is 14.4. The fourth-order valence-corrected chi connectivity index (χ4v) is 2.46. The number of benzene rings is 1. The van der Waals surface area contributed by atoms with Crippen LogP contribution in [0.1, 0.15) is 28.9 Å². The number of rotatable bonds is 5. The van der Waals surface area contributed by atoms with E-state index in [0.717, 1.165) is 5.69 Å². The van der Waals surface area contributed by atoms with E-state index >= 15 is 0 Å². The summed E-state index contributed by atoms with van der Waals surface area (Å²) >= 11 is 0. The normalized spacial score (nSPS) is 10.5. The molecule has 0 aliphatic rings. The van der Waals surface area contributed by atoms with Gasteiger partial charge in [-0.05, 0) is 39.0 Å². The van der Waals surface area contributed by atoms with Gasteiger partial charge in [-0.2, -0.15) is 0 Å². The van der Waals surface area contributed by atoms with E-state index in [1.165, 1.54) is 0 Å². The Hall–Kier alpha value is -3.22. The maximum Gasteiger partial charge on any atom is 0.277 e. The Bertz CT molecular complexity index is 876. The minimum Gasteiger partial charge on any atom is -0.360 e. The van der Waals surface area contributed by atoms with Crippen molar-refractivity contribution in [1.29, 1.82) is 0 Å². The molecule has 1 aromatic carbocycles. The van der Waals surface area contributed by atoms with E-state index in [2.05, 4.69) is 20.4 Å². The fraction of sp³-hybridized carbons (Fsp3) is 0.222. The summed E-state index contributed by atoms with van der Waals surface area (Å²) < 4.78 is 5.01. The Balaban J connectivity index is 1.89. The number of hydrogen-bond acceptors (Lipinski definition) is 6. The first-order valence-corrected chi connectivity index (χ1v) is 7.99. The van der Waals surface area contributed by atoms with E-state index in [0.29, 0.717) is 35.5 Å². The van der Waals surface area contributed by atoms with E-state index in [1.54, 1.807) is 24.0 Å². The summed E-state index contributed by atoms with van der Waals surface area (Å²) in [7, 11) is 0. The van der Waals surface area contributed by atoms with Gasteiger partial charge in [-0.25, -0.2) is 9.97 Å². The molecule has 0 spiro atoms. The van der Waals surface area contributed by atoms with Crippen LogP contribution in [0, 0.1) is 13.8 Å². The Morgan fingerprint density at radius 3 is 2.56 bits per heavy atom. The molecule has 7 nitrogen and oxygen atoms in total. The van der Waals surface area contributed by atoms with Crippen molar-refractivity contribution in [3.63, 3.8) is 0 Å².